The van der Waals surface area contributed by atoms with Crippen LogP contribution in [-0.4, -0.2) is 30.6 Å². The molecule has 0 radical (unpaired) electrons. The molecule has 0 aromatic carbocycles. The van der Waals surface area contributed by atoms with Crippen LogP contribution in [0.3, 0.4) is 0 Å². The Morgan fingerprint density at radius 1 is 1.47 bits per heavy atom. The van der Waals surface area contributed by atoms with Crippen LogP contribution in [0.5, 0.6) is 0 Å². The largest absolute Gasteiger partial charge is 0.313 e. The van der Waals surface area contributed by atoms with E-state index in [0.29, 0.717) is 5.92 Å². The SMILES string of the molecule is CCC(N)(C#N)CCCN(C)CC(C)C. The smallest absolute Gasteiger partial charge is 0.104 e. The molecule has 0 fully saturated rings. The monoisotopic (exact) mass is 211 g/mol. The van der Waals surface area contributed by atoms with Gasteiger partial charge in [-0.2, -0.15) is 5.26 Å². The summed E-state index contributed by atoms with van der Waals surface area (Å²) in [5.74, 6) is 0.694. The van der Waals surface area contributed by atoms with Crippen LogP contribution in [0.25, 0.3) is 0 Å². The molecule has 0 aliphatic carbocycles. The molecule has 3 nitrogen and oxygen atoms in total. The van der Waals surface area contributed by atoms with E-state index in [-0.39, 0.29) is 0 Å². The quantitative estimate of drug-likeness (QED) is 0.700. The van der Waals surface area contributed by atoms with Crippen LogP contribution in [0.15, 0.2) is 0 Å². The molecular weight excluding hydrogens is 186 g/mol. The van der Waals surface area contributed by atoms with Crippen molar-refractivity contribution in [2.45, 2.75) is 45.6 Å². The number of nitrogens with two attached hydrogens (primary N) is 1. The van der Waals surface area contributed by atoms with Gasteiger partial charge in [-0.3, -0.25) is 0 Å². The van der Waals surface area contributed by atoms with Gasteiger partial charge < -0.3 is 10.6 Å². The summed E-state index contributed by atoms with van der Waals surface area (Å²) in [5, 5.41) is 8.91. The maximum absolute atomic E-state index is 8.91. The third-order valence-corrected chi connectivity index (χ3v) is 2.69. The van der Waals surface area contributed by atoms with Crippen LogP contribution in [0.4, 0.5) is 0 Å². The standard InChI is InChI=1S/C12H25N3/c1-5-12(14,10-13)7-6-8-15(4)9-11(2)3/h11H,5-9,14H2,1-4H3. The van der Waals surface area contributed by atoms with E-state index < -0.39 is 5.54 Å². The van der Waals surface area contributed by atoms with Crippen LogP contribution < -0.4 is 5.73 Å². The number of nitriles is 1. The Labute approximate surface area is 94.2 Å². The van der Waals surface area contributed by atoms with Gasteiger partial charge in [-0.25, -0.2) is 0 Å². The Balaban J connectivity index is 3.74. The molecule has 0 heterocycles. The maximum atomic E-state index is 8.91. The van der Waals surface area contributed by atoms with Crippen molar-refractivity contribution >= 4 is 0 Å². The molecule has 0 amide bonds. The van der Waals surface area contributed by atoms with Crippen molar-refractivity contribution in [3.05, 3.63) is 0 Å². The topological polar surface area (TPSA) is 53.1 Å². The summed E-state index contributed by atoms with van der Waals surface area (Å²) in [4.78, 5) is 2.30. The van der Waals surface area contributed by atoms with Crippen molar-refractivity contribution in [1.29, 1.82) is 5.26 Å². The number of hydrogen-bond acceptors (Lipinski definition) is 3. The first-order chi connectivity index (χ1) is 6.93. The molecule has 0 bridgehead atoms. The first kappa shape index (κ1) is 14.4. The van der Waals surface area contributed by atoms with Gasteiger partial charge in [0.1, 0.15) is 5.54 Å². The van der Waals surface area contributed by atoms with Gasteiger partial charge in [-0.1, -0.05) is 20.8 Å². The lowest BCUT2D eigenvalue weighted by molar-refractivity contribution is 0.280. The zero-order chi connectivity index (χ0) is 11.9. The van der Waals surface area contributed by atoms with E-state index in [4.69, 9.17) is 11.0 Å². The van der Waals surface area contributed by atoms with Crippen molar-refractivity contribution in [3.63, 3.8) is 0 Å². The summed E-state index contributed by atoms with van der Waals surface area (Å²) in [5.41, 5.74) is 5.29. The molecule has 0 rings (SSSR count). The highest BCUT2D eigenvalue weighted by molar-refractivity contribution is 5.03. The lowest BCUT2D eigenvalue weighted by atomic mass is 9.93. The Bertz CT molecular complexity index is 207. The van der Waals surface area contributed by atoms with E-state index >= 15 is 0 Å². The van der Waals surface area contributed by atoms with Crippen LogP contribution >= 0.6 is 0 Å². The molecular formula is C12H25N3. The zero-order valence-electron chi connectivity index (χ0n) is 10.6. The highest BCUT2D eigenvalue weighted by Crippen LogP contribution is 2.13. The number of hydrogen-bond donors (Lipinski definition) is 1. The average molecular weight is 211 g/mol. The van der Waals surface area contributed by atoms with Gasteiger partial charge in [0.05, 0.1) is 6.07 Å². The first-order valence-electron chi connectivity index (χ1n) is 5.82. The van der Waals surface area contributed by atoms with Crippen molar-refractivity contribution in [2.75, 3.05) is 20.1 Å². The lowest BCUT2D eigenvalue weighted by Gasteiger charge is -2.22. The fraction of sp³-hybridized carbons (Fsp3) is 0.917. The average Bonchev–Trinajstić information content (AvgIpc) is 2.16. The Kier molecular flexibility index (Phi) is 6.55. The van der Waals surface area contributed by atoms with E-state index in [1.807, 2.05) is 6.92 Å². The molecule has 2 N–H and O–H groups in total. The molecule has 0 aromatic heterocycles. The third-order valence-electron chi connectivity index (χ3n) is 2.69. The fourth-order valence-corrected chi connectivity index (χ4v) is 1.69. The second-order valence-electron chi connectivity index (χ2n) is 4.88. The zero-order valence-corrected chi connectivity index (χ0v) is 10.6. The number of rotatable bonds is 7. The summed E-state index contributed by atoms with van der Waals surface area (Å²) < 4.78 is 0. The highest BCUT2D eigenvalue weighted by Gasteiger charge is 2.21. The molecule has 0 aliphatic rings. The first-order valence-corrected chi connectivity index (χ1v) is 5.82. The molecule has 0 saturated heterocycles. The molecule has 0 spiro atoms. The highest BCUT2D eigenvalue weighted by atomic mass is 15.1. The van der Waals surface area contributed by atoms with Crippen molar-refractivity contribution in [2.24, 2.45) is 11.7 Å². The molecule has 1 atom stereocenters. The second kappa shape index (κ2) is 6.81. The van der Waals surface area contributed by atoms with E-state index in [0.717, 1.165) is 32.4 Å². The Morgan fingerprint density at radius 2 is 2.07 bits per heavy atom. The molecule has 0 aromatic rings. The second-order valence-corrected chi connectivity index (χ2v) is 4.88. The summed E-state index contributed by atoms with van der Waals surface area (Å²) in [6, 6.07) is 2.20. The molecule has 0 saturated carbocycles. The minimum atomic E-state index is -0.612. The Hall–Kier alpha value is -0.590. The normalized spacial score (nSPS) is 15.3. The maximum Gasteiger partial charge on any atom is 0.104 e. The van der Waals surface area contributed by atoms with E-state index in [9.17, 15) is 0 Å². The minimum Gasteiger partial charge on any atom is -0.313 e. The molecule has 88 valence electrons. The molecule has 0 aliphatic heterocycles. The summed E-state index contributed by atoms with van der Waals surface area (Å²) in [6.07, 6.45) is 2.53. The van der Waals surface area contributed by atoms with Gasteiger partial charge >= 0.3 is 0 Å². The van der Waals surface area contributed by atoms with Crippen molar-refractivity contribution < 1.29 is 0 Å². The van der Waals surface area contributed by atoms with Crippen LogP contribution in [0, 0.1) is 17.2 Å². The van der Waals surface area contributed by atoms with Gasteiger partial charge in [0.15, 0.2) is 0 Å². The summed E-state index contributed by atoms with van der Waals surface area (Å²) in [7, 11) is 2.12. The molecule has 15 heavy (non-hydrogen) atoms. The fourth-order valence-electron chi connectivity index (χ4n) is 1.69. The van der Waals surface area contributed by atoms with Gasteiger partial charge in [-0.05, 0) is 38.8 Å². The minimum absolute atomic E-state index is 0.612. The van der Waals surface area contributed by atoms with E-state index in [1.54, 1.807) is 0 Å². The summed E-state index contributed by atoms with van der Waals surface area (Å²) >= 11 is 0. The lowest BCUT2D eigenvalue weighted by Crippen LogP contribution is -2.38. The predicted octanol–water partition coefficient (Wildman–Crippen LogP) is 1.99. The van der Waals surface area contributed by atoms with Crippen molar-refractivity contribution in [3.8, 4) is 6.07 Å². The van der Waals surface area contributed by atoms with Gasteiger partial charge in [0.25, 0.3) is 0 Å². The molecule has 1 unspecified atom stereocenters. The third kappa shape index (κ3) is 6.48. The van der Waals surface area contributed by atoms with Crippen LogP contribution in [-0.2, 0) is 0 Å². The predicted molar refractivity (Wildman–Crippen MR) is 64.4 cm³/mol. The van der Waals surface area contributed by atoms with Gasteiger partial charge in [-0.15, -0.1) is 0 Å². The Morgan fingerprint density at radius 3 is 2.47 bits per heavy atom. The van der Waals surface area contributed by atoms with Crippen molar-refractivity contribution in [1.82, 2.24) is 4.90 Å². The molecule has 3 heteroatoms. The van der Waals surface area contributed by atoms with Gasteiger partial charge in [0.2, 0.25) is 0 Å². The van der Waals surface area contributed by atoms with E-state index in [2.05, 4.69) is 31.9 Å². The summed E-state index contributed by atoms with van der Waals surface area (Å²) in [6.45, 7) is 8.53. The van der Waals surface area contributed by atoms with Gasteiger partial charge in [0, 0.05) is 6.54 Å². The van der Waals surface area contributed by atoms with Crippen LogP contribution in [0.2, 0.25) is 0 Å². The van der Waals surface area contributed by atoms with E-state index in [1.165, 1.54) is 0 Å². The number of nitrogens with zero attached hydrogens (tertiary/aromatic N) is 2. The van der Waals surface area contributed by atoms with Crippen LogP contribution in [0.1, 0.15) is 40.0 Å².